The summed E-state index contributed by atoms with van der Waals surface area (Å²) in [5.41, 5.74) is 3.36. The largest absolute Gasteiger partial charge is 0.289 e. The second-order valence-electron chi connectivity index (χ2n) is 4.45. The molecule has 96 valence electrons. The molecular weight excluding hydrogens is 248 g/mol. The number of rotatable bonds is 2. The zero-order valence-corrected chi connectivity index (χ0v) is 11.3. The summed E-state index contributed by atoms with van der Waals surface area (Å²) in [5.74, 6) is -0.143. The summed E-state index contributed by atoms with van der Waals surface area (Å²) < 4.78 is 0. The SMILES string of the molecule is [C-]#[N+]c1cccc(C(=O)c2cccc([N+]#[C-])c2C)c1C. The number of nitrogens with zero attached hydrogens (tertiary/aromatic N) is 2. The highest BCUT2D eigenvalue weighted by atomic mass is 16.1. The summed E-state index contributed by atoms with van der Waals surface area (Å²) in [5, 5.41) is 0. The molecule has 0 unspecified atom stereocenters. The van der Waals surface area contributed by atoms with Gasteiger partial charge in [0.05, 0.1) is 13.1 Å². The van der Waals surface area contributed by atoms with E-state index in [-0.39, 0.29) is 5.78 Å². The first-order valence-corrected chi connectivity index (χ1v) is 6.09. The summed E-state index contributed by atoms with van der Waals surface area (Å²) in [6, 6.07) is 10.2. The van der Waals surface area contributed by atoms with Gasteiger partial charge >= 0.3 is 0 Å². The first-order chi connectivity index (χ1) is 9.60. The number of hydrogen-bond acceptors (Lipinski definition) is 1. The van der Waals surface area contributed by atoms with Crippen LogP contribution in [0.5, 0.6) is 0 Å². The van der Waals surface area contributed by atoms with E-state index in [2.05, 4.69) is 9.69 Å². The maximum Gasteiger partial charge on any atom is 0.191 e. The summed E-state index contributed by atoms with van der Waals surface area (Å²) in [6.07, 6.45) is 0. The van der Waals surface area contributed by atoms with Crippen LogP contribution in [0.15, 0.2) is 36.4 Å². The Balaban J connectivity index is 2.60. The van der Waals surface area contributed by atoms with Crippen LogP contribution >= 0.6 is 0 Å². The van der Waals surface area contributed by atoms with Crippen LogP contribution in [0.2, 0.25) is 0 Å². The maximum absolute atomic E-state index is 12.6. The Morgan fingerprint density at radius 2 is 1.25 bits per heavy atom. The van der Waals surface area contributed by atoms with E-state index in [9.17, 15) is 4.79 Å². The third-order valence-electron chi connectivity index (χ3n) is 3.34. The standard InChI is InChI=1S/C17H12N2O/c1-11-13(7-5-9-15(11)18-3)17(20)14-8-6-10-16(19-4)12(14)2/h5-10H,1-2H3. The fourth-order valence-electron chi connectivity index (χ4n) is 2.13. The number of carbonyl (C=O) groups is 1. The van der Waals surface area contributed by atoms with Crippen molar-refractivity contribution in [2.24, 2.45) is 0 Å². The summed E-state index contributed by atoms with van der Waals surface area (Å²) in [6.45, 7) is 17.8. The molecule has 0 N–H and O–H groups in total. The Bertz CT molecular complexity index is 711. The lowest BCUT2D eigenvalue weighted by Gasteiger charge is -2.09. The Labute approximate surface area is 118 Å². The molecule has 3 heteroatoms. The van der Waals surface area contributed by atoms with Gasteiger partial charge in [0.25, 0.3) is 0 Å². The highest BCUT2D eigenvalue weighted by Crippen LogP contribution is 2.27. The minimum absolute atomic E-state index is 0.143. The smallest absolute Gasteiger partial charge is 0.191 e. The molecule has 0 aliphatic carbocycles. The van der Waals surface area contributed by atoms with Crippen molar-refractivity contribution >= 4 is 17.2 Å². The minimum atomic E-state index is -0.143. The molecule has 0 aliphatic heterocycles. The van der Waals surface area contributed by atoms with Crippen LogP contribution in [-0.4, -0.2) is 5.78 Å². The number of carbonyl (C=O) groups excluding carboxylic acids is 1. The Hall–Kier alpha value is -2.91. The molecule has 0 radical (unpaired) electrons. The molecule has 0 amide bonds. The van der Waals surface area contributed by atoms with Crippen LogP contribution in [0.25, 0.3) is 9.69 Å². The van der Waals surface area contributed by atoms with E-state index in [4.69, 9.17) is 13.1 Å². The molecule has 0 spiro atoms. The predicted octanol–water partition coefficient (Wildman–Crippen LogP) is 4.64. The van der Waals surface area contributed by atoms with E-state index in [1.54, 1.807) is 50.2 Å². The molecule has 0 atom stereocenters. The number of ketones is 1. The topological polar surface area (TPSA) is 25.8 Å². The minimum Gasteiger partial charge on any atom is -0.289 e. The average Bonchev–Trinajstić information content (AvgIpc) is 2.47. The molecule has 3 nitrogen and oxygen atoms in total. The average molecular weight is 260 g/mol. The van der Waals surface area contributed by atoms with Crippen LogP contribution in [-0.2, 0) is 0 Å². The van der Waals surface area contributed by atoms with Gasteiger partial charge in [-0.05, 0) is 25.0 Å². The van der Waals surface area contributed by atoms with E-state index in [0.717, 1.165) is 0 Å². The second kappa shape index (κ2) is 5.38. The van der Waals surface area contributed by atoms with Gasteiger partial charge in [0.1, 0.15) is 0 Å². The molecular formula is C17H12N2O. The highest BCUT2D eigenvalue weighted by Gasteiger charge is 2.16. The summed E-state index contributed by atoms with van der Waals surface area (Å²) in [7, 11) is 0. The van der Waals surface area contributed by atoms with E-state index in [1.807, 2.05) is 0 Å². The molecule has 0 fully saturated rings. The molecule has 2 rings (SSSR count). The van der Waals surface area contributed by atoms with Gasteiger partial charge in [-0.3, -0.25) is 4.79 Å². The lowest BCUT2D eigenvalue weighted by molar-refractivity contribution is 0.103. The lowest BCUT2D eigenvalue weighted by atomic mass is 9.94. The summed E-state index contributed by atoms with van der Waals surface area (Å²) >= 11 is 0. The molecule has 0 heterocycles. The van der Waals surface area contributed by atoms with Crippen molar-refractivity contribution in [1.82, 2.24) is 0 Å². The van der Waals surface area contributed by atoms with Gasteiger partial charge < -0.3 is 0 Å². The van der Waals surface area contributed by atoms with E-state index in [1.165, 1.54) is 0 Å². The first-order valence-electron chi connectivity index (χ1n) is 6.09. The van der Waals surface area contributed by atoms with Gasteiger partial charge in [0.15, 0.2) is 17.2 Å². The summed E-state index contributed by atoms with van der Waals surface area (Å²) in [4.78, 5) is 19.4. The van der Waals surface area contributed by atoms with Crippen molar-refractivity contribution in [1.29, 1.82) is 0 Å². The Kier molecular flexibility index (Phi) is 3.64. The number of benzene rings is 2. The van der Waals surface area contributed by atoms with Gasteiger partial charge in [-0.25, -0.2) is 9.69 Å². The molecule has 0 saturated carbocycles. The molecule has 0 aromatic heterocycles. The Morgan fingerprint density at radius 3 is 1.60 bits per heavy atom. The molecule has 0 bridgehead atoms. The zero-order valence-electron chi connectivity index (χ0n) is 11.3. The highest BCUT2D eigenvalue weighted by molar-refractivity contribution is 6.12. The van der Waals surface area contributed by atoms with E-state index < -0.39 is 0 Å². The third kappa shape index (κ3) is 2.18. The molecule has 2 aromatic carbocycles. The quantitative estimate of drug-likeness (QED) is 0.570. The van der Waals surface area contributed by atoms with Crippen LogP contribution in [0.4, 0.5) is 11.4 Å². The fourth-order valence-corrected chi connectivity index (χ4v) is 2.13. The first kappa shape index (κ1) is 13.5. The Morgan fingerprint density at radius 1 is 0.850 bits per heavy atom. The molecule has 20 heavy (non-hydrogen) atoms. The zero-order chi connectivity index (χ0) is 14.7. The van der Waals surface area contributed by atoms with Crippen LogP contribution < -0.4 is 0 Å². The van der Waals surface area contributed by atoms with Gasteiger partial charge in [0, 0.05) is 11.1 Å². The molecule has 0 saturated heterocycles. The van der Waals surface area contributed by atoms with Crippen molar-refractivity contribution < 1.29 is 4.79 Å². The monoisotopic (exact) mass is 260 g/mol. The van der Waals surface area contributed by atoms with Crippen molar-refractivity contribution in [3.8, 4) is 0 Å². The van der Waals surface area contributed by atoms with Crippen molar-refractivity contribution in [3.63, 3.8) is 0 Å². The van der Waals surface area contributed by atoms with Gasteiger partial charge in [0.2, 0.25) is 0 Å². The van der Waals surface area contributed by atoms with Crippen LogP contribution in [0.1, 0.15) is 27.0 Å². The molecule has 0 aliphatic rings. The van der Waals surface area contributed by atoms with Crippen molar-refractivity contribution in [3.05, 3.63) is 81.5 Å². The third-order valence-corrected chi connectivity index (χ3v) is 3.34. The lowest BCUT2D eigenvalue weighted by Crippen LogP contribution is -2.05. The van der Waals surface area contributed by atoms with E-state index in [0.29, 0.717) is 33.6 Å². The van der Waals surface area contributed by atoms with Gasteiger partial charge in [-0.15, -0.1) is 0 Å². The van der Waals surface area contributed by atoms with Gasteiger partial charge in [-0.2, -0.15) is 0 Å². The van der Waals surface area contributed by atoms with Gasteiger partial charge in [-0.1, -0.05) is 36.4 Å². The van der Waals surface area contributed by atoms with Crippen LogP contribution in [0.3, 0.4) is 0 Å². The predicted molar refractivity (Wildman–Crippen MR) is 78.3 cm³/mol. The van der Waals surface area contributed by atoms with E-state index >= 15 is 0 Å². The normalized spacial score (nSPS) is 9.60. The number of hydrogen-bond donors (Lipinski definition) is 0. The second-order valence-corrected chi connectivity index (χ2v) is 4.45. The van der Waals surface area contributed by atoms with Crippen molar-refractivity contribution in [2.45, 2.75) is 13.8 Å². The van der Waals surface area contributed by atoms with Crippen molar-refractivity contribution in [2.75, 3.05) is 0 Å². The molecule has 2 aromatic rings. The fraction of sp³-hybridized carbons (Fsp3) is 0.118. The maximum atomic E-state index is 12.6. The van der Waals surface area contributed by atoms with Crippen LogP contribution in [0, 0.1) is 27.0 Å².